The predicted octanol–water partition coefficient (Wildman–Crippen LogP) is 5.83. The molecule has 0 saturated heterocycles. The number of aromatic nitrogens is 1. The number of amides is 1. The molecule has 1 aromatic heterocycles. The maximum absolute atomic E-state index is 13.0. The van der Waals surface area contributed by atoms with Crippen molar-refractivity contribution in [1.29, 1.82) is 0 Å². The topological polar surface area (TPSA) is 89.9 Å². The number of nitrogens with one attached hydrogen (secondary N) is 1. The van der Waals surface area contributed by atoms with E-state index in [4.69, 9.17) is 9.47 Å². The summed E-state index contributed by atoms with van der Waals surface area (Å²) in [5.41, 5.74) is 6.01. The molecule has 1 saturated carbocycles. The smallest absolute Gasteiger partial charge is 0.335 e. The van der Waals surface area contributed by atoms with E-state index >= 15 is 0 Å². The Morgan fingerprint density at radius 2 is 1.75 bits per heavy atom. The summed E-state index contributed by atoms with van der Waals surface area (Å²) >= 11 is -1.64. The molecule has 1 unspecified atom stereocenters. The van der Waals surface area contributed by atoms with Crippen molar-refractivity contribution >= 4 is 40.0 Å². The highest BCUT2D eigenvalue weighted by atomic mass is 32.2. The molecule has 9 heteroatoms. The van der Waals surface area contributed by atoms with Crippen molar-refractivity contribution in [2.75, 3.05) is 28.3 Å². The molecule has 1 fully saturated rings. The first-order valence-electron chi connectivity index (χ1n) is 13.9. The van der Waals surface area contributed by atoms with E-state index in [1.165, 1.54) is 36.2 Å². The van der Waals surface area contributed by atoms with Crippen molar-refractivity contribution in [3.63, 3.8) is 0 Å². The second kappa shape index (κ2) is 12.8. The molecule has 5 rings (SSSR count). The molecule has 40 heavy (non-hydrogen) atoms. The summed E-state index contributed by atoms with van der Waals surface area (Å²) in [6.45, 7) is 4.30. The van der Waals surface area contributed by atoms with Crippen molar-refractivity contribution in [1.82, 2.24) is 13.6 Å². The zero-order valence-corrected chi connectivity index (χ0v) is 25.0. The van der Waals surface area contributed by atoms with Crippen LogP contribution in [0.5, 0.6) is 5.75 Å². The molecule has 0 bridgehead atoms. The Labute approximate surface area is 239 Å². The predicted molar refractivity (Wildman–Crippen MR) is 160 cm³/mol. The Kier molecular flexibility index (Phi) is 9.48. The number of nitrogens with zero attached hydrogens (tertiary/aromatic N) is 2. The molecule has 1 amide bonds. The van der Waals surface area contributed by atoms with Gasteiger partial charge in [-0.15, -0.1) is 0 Å². The fourth-order valence-corrected chi connectivity index (χ4v) is 6.13. The molecule has 8 nitrogen and oxygen atoms in total. The molecule has 0 radical (unpaired) electrons. The second-order valence-electron chi connectivity index (χ2n) is 10.0. The number of rotatable bonds is 6. The third kappa shape index (κ3) is 5.71. The number of hydrogen-bond acceptors (Lipinski definition) is 5. The van der Waals surface area contributed by atoms with Gasteiger partial charge in [0.1, 0.15) is 5.75 Å². The summed E-state index contributed by atoms with van der Waals surface area (Å²) in [6.07, 6.45) is 7.66. The quantitative estimate of drug-likeness (QED) is 0.380. The Balaban J connectivity index is 0.00000181. The van der Waals surface area contributed by atoms with Crippen LogP contribution in [-0.4, -0.2) is 53.3 Å². The normalized spacial score (nSPS) is 15.6. The number of esters is 1. The number of ether oxygens (including phenoxy) is 2. The van der Waals surface area contributed by atoms with Gasteiger partial charge in [0.15, 0.2) is 11.2 Å². The number of carbonyl (C=O) groups is 2. The van der Waals surface area contributed by atoms with Gasteiger partial charge >= 0.3 is 5.97 Å². The van der Waals surface area contributed by atoms with Gasteiger partial charge in [-0.1, -0.05) is 39.2 Å². The standard InChI is InChI=1S/C29H33N3O5S.C2H6/c1-31(2)38(35)30-28(33)19-10-12-24-25(16-19)32-17-21(29(34)37-4)14-20-15-22(36-3)11-13-23(20)27(32)26(24)18-8-6-5-7-9-18;1-2/h10-16,18H,5-9,17H2,1-4H3,(H,30,33);1-2H3. The summed E-state index contributed by atoms with van der Waals surface area (Å²) in [5.74, 6) is 0.262. The van der Waals surface area contributed by atoms with Crippen molar-refractivity contribution < 1.29 is 23.3 Å². The first-order valence-corrected chi connectivity index (χ1v) is 15.0. The van der Waals surface area contributed by atoms with Crippen molar-refractivity contribution in [3.8, 4) is 17.0 Å². The van der Waals surface area contributed by atoms with Crippen LogP contribution in [0.1, 0.15) is 73.4 Å². The molecule has 1 aliphatic carbocycles. The highest BCUT2D eigenvalue weighted by Crippen LogP contribution is 2.47. The summed E-state index contributed by atoms with van der Waals surface area (Å²) in [7, 11) is 6.28. The highest BCUT2D eigenvalue weighted by Gasteiger charge is 2.30. The summed E-state index contributed by atoms with van der Waals surface area (Å²) in [5, 5.41) is 1.07. The molecule has 0 spiro atoms. The molecular weight excluding hydrogens is 526 g/mol. The van der Waals surface area contributed by atoms with Gasteiger partial charge in [-0.05, 0) is 66.3 Å². The minimum absolute atomic E-state index is 0.303. The van der Waals surface area contributed by atoms with Gasteiger partial charge in [-0.2, -0.15) is 0 Å². The van der Waals surface area contributed by atoms with E-state index in [-0.39, 0.29) is 0 Å². The maximum Gasteiger partial charge on any atom is 0.335 e. The molecule has 2 heterocycles. The Morgan fingerprint density at radius 3 is 2.40 bits per heavy atom. The zero-order valence-electron chi connectivity index (χ0n) is 24.2. The van der Waals surface area contributed by atoms with E-state index < -0.39 is 23.0 Å². The Bertz CT molecular complexity index is 1470. The lowest BCUT2D eigenvalue weighted by Gasteiger charge is -2.24. The molecule has 214 valence electrons. The summed E-state index contributed by atoms with van der Waals surface area (Å²) < 4.78 is 29.0. The molecule has 1 atom stereocenters. The van der Waals surface area contributed by atoms with Gasteiger partial charge in [0.2, 0.25) is 0 Å². The average molecular weight is 566 g/mol. The molecular formula is C31H39N3O5S. The lowest BCUT2D eigenvalue weighted by atomic mass is 9.81. The monoisotopic (exact) mass is 565 g/mol. The van der Waals surface area contributed by atoms with Crippen molar-refractivity contribution in [3.05, 3.63) is 58.7 Å². The fraction of sp³-hybridized carbons (Fsp3) is 0.419. The molecule has 2 aliphatic rings. The first kappa shape index (κ1) is 29.6. The van der Waals surface area contributed by atoms with Crippen LogP contribution in [-0.2, 0) is 27.2 Å². The lowest BCUT2D eigenvalue weighted by Crippen LogP contribution is -2.34. The van der Waals surface area contributed by atoms with Gasteiger partial charge in [0, 0.05) is 36.1 Å². The van der Waals surface area contributed by atoms with Gasteiger partial charge < -0.3 is 14.0 Å². The van der Waals surface area contributed by atoms with E-state index in [0.717, 1.165) is 40.6 Å². The maximum atomic E-state index is 13.0. The van der Waals surface area contributed by atoms with Crippen LogP contribution in [0.15, 0.2) is 42.0 Å². The number of hydrogen-bond donors (Lipinski definition) is 1. The Hall–Kier alpha value is -3.43. The Morgan fingerprint density at radius 1 is 1.02 bits per heavy atom. The minimum Gasteiger partial charge on any atom is -0.497 e. The van der Waals surface area contributed by atoms with E-state index in [0.29, 0.717) is 29.3 Å². The van der Waals surface area contributed by atoms with Crippen LogP contribution in [0.3, 0.4) is 0 Å². The van der Waals surface area contributed by atoms with Crippen LogP contribution in [0.25, 0.3) is 28.2 Å². The van der Waals surface area contributed by atoms with E-state index in [1.807, 2.05) is 44.2 Å². The van der Waals surface area contributed by atoms with Crippen LogP contribution >= 0.6 is 0 Å². The SMILES string of the molecule is CC.COC(=O)C1=Cc2cc(OC)ccc2-c2c(C3CCCCC3)c3ccc(C(=O)NS(=O)N(C)C)cc3n2C1. The van der Waals surface area contributed by atoms with Gasteiger partial charge in [-0.25, -0.2) is 13.3 Å². The van der Waals surface area contributed by atoms with Gasteiger partial charge in [0.05, 0.1) is 32.0 Å². The summed E-state index contributed by atoms with van der Waals surface area (Å²) in [4.78, 5) is 25.9. The first-order chi connectivity index (χ1) is 19.3. The molecule has 2 aromatic carbocycles. The summed E-state index contributed by atoms with van der Waals surface area (Å²) in [6, 6.07) is 11.6. The molecule has 1 aliphatic heterocycles. The average Bonchev–Trinajstić information content (AvgIpc) is 3.20. The third-order valence-corrected chi connectivity index (χ3v) is 8.53. The number of benzene rings is 2. The molecule has 1 N–H and O–H groups in total. The lowest BCUT2D eigenvalue weighted by molar-refractivity contribution is -0.136. The van der Waals surface area contributed by atoms with Gasteiger partial charge in [0.25, 0.3) is 5.91 Å². The number of carbonyl (C=O) groups excluding carboxylic acids is 2. The van der Waals surface area contributed by atoms with Crippen molar-refractivity contribution in [2.24, 2.45) is 0 Å². The largest absolute Gasteiger partial charge is 0.497 e. The highest BCUT2D eigenvalue weighted by molar-refractivity contribution is 7.81. The third-order valence-electron chi connectivity index (χ3n) is 7.51. The van der Waals surface area contributed by atoms with E-state index in [1.54, 1.807) is 27.3 Å². The van der Waals surface area contributed by atoms with E-state index in [9.17, 15) is 13.8 Å². The second-order valence-corrected chi connectivity index (χ2v) is 11.5. The van der Waals surface area contributed by atoms with Crippen molar-refractivity contribution in [2.45, 2.75) is 58.4 Å². The fourth-order valence-electron chi connectivity index (χ4n) is 5.67. The van der Waals surface area contributed by atoms with Crippen LogP contribution in [0, 0.1) is 0 Å². The van der Waals surface area contributed by atoms with Gasteiger partial charge in [-0.3, -0.25) is 9.52 Å². The molecule has 3 aromatic rings. The number of fused-ring (bicyclic) bond motifs is 5. The van der Waals surface area contributed by atoms with Crippen LogP contribution in [0.4, 0.5) is 0 Å². The number of methoxy groups -OCH3 is 2. The van der Waals surface area contributed by atoms with E-state index in [2.05, 4.69) is 15.4 Å². The van der Waals surface area contributed by atoms with Crippen LogP contribution in [0.2, 0.25) is 0 Å². The minimum atomic E-state index is -1.64. The van der Waals surface area contributed by atoms with Crippen LogP contribution < -0.4 is 9.46 Å². The zero-order chi connectivity index (χ0) is 29.0.